The monoisotopic (exact) mass is 455 g/mol. The number of rotatable bonds is 8. The first-order valence-corrected chi connectivity index (χ1v) is 12.1. The van der Waals surface area contributed by atoms with Crippen molar-refractivity contribution in [1.82, 2.24) is 14.9 Å². The second-order valence-electron chi connectivity index (χ2n) is 9.68. The van der Waals surface area contributed by atoms with E-state index in [2.05, 4.69) is 35.1 Å². The highest BCUT2D eigenvalue weighted by Gasteiger charge is 2.29. The number of hydrogen-bond donors (Lipinski definition) is 0. The topological polar surface area (TPSA) is 63.2 Å². The summed E-state index contributed by atoms with van der Waals surface area (Å²) in [7, 11) is 1.83. The van der Waals surface area contributed by atoms with Gasteiger partial charge in [0.2, 0.25) is 0 Å². The first kappa shape index (κ1) is 23.8. The van der Waals surface area contributed by atoms with Gasteiger partial charge in [0, 0.05) is 44.7 Å². The molecule has 5 nitrogen and oxygen atoms in total. The van der Waals surface area contributed by atoms with E-state index in [0.29, 0.717) is 30.0 Å². The number of hydrogen-bond acceptors (Lipinski definition) is 4. The molecule has 1 saturated carbocycles. The van der Waals surface area contributed by atoms with Gasteiger partial charge >= 0.3 is 0 Å². The van der Waals surface area contributed by atoms with Crippen LogP contribution in [0.2, 0.25) is 0 Å². The van der Waals surface area contributed by atoms with Crippen LogP contribution in [0.15, 0.2) is 67.1 Å². The Morgan fingerprint density at radius 1 is 1.03 bits per heavy atom. The zero-order valence-electron chi connectivity index (χ0n) is 20.3. The molecule has 1 aliphatic rings. The molecule has 2 aromatic heterocycles. The Labute approximate surface area is 202 Å². The van der Waals surface area contributed by atoms with Crippen LogP contribution in [0.4, 0.5) is 0 Å². The summed E-state index contributed by atoms with van der Waals surface area (Å²) >= 11 is 0. The minimum atomic E-state index is 0.00740. The second-order valence-corrected chi connectivity index (χ2v) is 9.68. The van der Waals surface area contributed by atoms with E-state index in [1.165, 1.54) is 30.4 Å². The van der Waals surface area contributed by atoms with Crippen LogP contribution < -0.4 is 0 Å². The highest BCUT2D eigenvalue weighted by molar-refractivity contribution is 5.94. The third kappa shape index (κ3) is 5.77. The van der Waals surface area contributed by atoms with E-state index in [0.717, 1.165) is 17.5 Å². The fraction of sp³-hybridized carbons (Fsp3) is 0.379. The minimum absolute atomic E-state index is 0.00740. The maximum Gasteiger partial charge on any atom is 0.253 e. The van der Waals surface area contributed by atoms with Crippen LogP contribution in [0.3, 0.4) is 0 Å². The fourth-order valence-electron chi connectivity index (χ4n) is 5.08. The molecule has 176 valence electrons. The Bertz CT molecular complexity index is 1110. The van der Waals surface area contributed by atoms with Crippen LogP contribution >= 0.6 is 0 Å². The van der Waals surface area contributed by atoms with Crippen molar-refractivity contribution in [2.24, 2.45) is 11.8 Å². The van der Waals surface area contributed by atoms with Gasteiger partial charge in [-0.05, 0) is 84.4 Å². The summed E-state index contributed by atoms with van der Waals surface area (Å²) in [5.74, 6) is 1.76. The molecule has 4 rings (SSSR count). The molecule has 5 heteroatoms. The van der Waals surface area contributed by atoms with E-state index >= 15 is 0 Å². The maximum atomic E-state index is 12.8. The second kappa shape index (κ2) is 10.7. The normalized spacial score (nSPS) is 18.4. The van der Waals surface area contributed by atoms with Crippen LogP contribution in [-0.4, -0.2) is 33.6 Å². The van der Waals surface area contributed by atoms with Gasteiger partial charge in [-0.1, -0.05) is 31.2 Å². The molecule has 0 bridgehead atoms. The van der Waals surface area contributed by atoms with E-state index in [1.54, 1.807) is 24.2 Å². The lowest BCUT2D eigenvalue weighted by molar-refractivity contribution is 0.0784. The van der Waals surface area contributed by atoms with E-state index < -0.39 is 0 Å². The molecule has 1 aliphatic carbocycles. The number of carbonyl (C=O) groups is 2. The van der Waals surface area contributed by atoms with Gasteiger partial charge in [-0.3, -0.25) is 19.6 Å². The molecule has 0 radical (unpaired) electrons. The number of amides is 1. The van der Waals surface area contributed by atoms with Crippen molar-refractivity contribution < 1.29 is 9.59 Å². The molecule has 1 aromatic carbocycles. The van der Waals surface area contributed by atoms with E-state index in [9.17, 15) is 9.59 Å². The first-order valence-electron chi connectivity index (χ1n) is 12.1. The lowest BCUT2D eigenvalue weighted by Crippen LogP contribution is -2.26. The molecule has 3 atom stereocenters. The summed E-state index contributed by atoms with van der Waals surface area (Å²) in [4.78, 5) is 34.5. The van der Waals surface area contributed by atoms with E-state index in [1.807, 2.05) is 43.6 Å². The Morgan fingerprint density at radius 3 is 2.47 bits per heavy atom. The number of ketones is 1. The van der Waals surface area contributed by atoms with Crippen LogP contribution in [-0.2, 0) is 13.0 Å². The standard InChI is InChI=1S/C29H33N3O2/c1-20(27-12-13-28(21(2)33)31-18-27)26-11-8-23(16-26)15-22-6-9-25(10-7-22)29(34)32(3)19-24-5-4-14-30-17-24/h4-7,9-10,12-14,17-18,20,23,26H,8,11,15-16,19H2,1-3H3/t20-,23?,26-/m0/s1. The van der Waals surface area contributed by atoms with Gasteiger partial charge in [0.05, 0.1) is 0 Å². The summed E-state index contributed by atoms with van der Waals surface area (Å²) < 4.78 is 0. The zero-order chi connectivity index (χ0) is 24.1. The van der Waals surface area contributed by atoms with Crippen molar-refractivity contribution in [3.05, 3.63) is 95.1 Å². The molecular formula is C29H33N3O2. The smallest absolute Gasteiger partial charge is 0.253 e. The summed E-state index contributed by atoms with van der Waals surface area (Å²) in [6.07, 6.45) is 10.1. The summed E-state index contributed by atoms with van der Waals surface area (Å²) in [5.41, 5.74) is 4.77. The van der Waals surface area contributed by atoms with Crippen molar-refractivity contribution in [3.63, 3.8) is 0 Å². The molecule has 1 fully saturated rings. The molecule has 1 unspecified atom stereocenters. The number of aromatic nitrogens is 2. The number of carbonyl (C=O) groups excluding carboxylic acids is 2. The first-order chi connectivity index (χ1) is 16.4. The number of benzene rings is 1. The summed E-state index contributed by atoms with van der Waals surface area (Å²) in [5, 5.41) is 0. The summed E-state index contributed by atoms with van der Waals surface area (Å²) in [6.45, 7) is 4.37. The van der Waals surface area contributed by atoms with Crippen molar-refractivity contribution in [2.75, 3.05) is 7.05 Å². The van der Waals surface area contributed by atoms with Gasteiger partial charge in [-0.2, -0.15) is 0 Å². The Morgan fingerprint density at radius 2 is 1.82 bits per heavy atom. The van der Waals surface area contributed by atoms with Crippen LogP contribution in [0.5, 0.6) is 0 Å². The van der Waals surface area contributed by atoms with Gasteiger partial charge in [0.15, 0.2) is 5.78 Å². The van der Waals surface area contributed by atoms with Crippen molar-refractivity contribution >= 4 is 11.7 Å². The van der Waals surface area contributed by atoms with Gasteiger partial charge in [0.25, 0.3) is 5.91 Å². The van der Waals surface area contributed by atoms with Gasteiger partial charge in [-0.15, -0.1) is 0 Å². The lowest BCUT2D eigenvalue weighted by atomic mass is 9.86. The molecule has 0 saturated heterocycles. The van der Waals surface area contributed by atoms with Crippen molar-refractivity contribution in [2.45, 2.75) is 52.0 Å². The maximum absolute atomic E-state index is 12.8. The molecule has 2 heterocycles. The Kier molecular flexibility index (Phi) is 7.51. The Hall–Kier alpha value is -3.34. The van der Waals surface area contributed by atoms with Crippen molar-refractivity contribution in [1.29, 1.82) is 0 Å². The number of pyridine rings is 2. The van der Waals surface area contributed by atoms with Crippen LogP contribution in [0.25, 0.3) is 0 Å². The quantitative estimate of drug-likeness (QED) is 0.408. The average molecular weight is 456 g/mol. The predicted molar refractivity (Wildman–Crippen MR) is 134 cm³/mol. The van der Waals surface area contributed by atoms with Gasteiger partial charge in [0.1, 0.15) is 5.69 Å². The molecule has 0 N–H and O–H groups in total. The third-order valence-electron chi connectivity index (χ3n) is 7.18. The summed E-state index contributed by atoms with van der Waals surface area (Å²) in [6, 6.07) is 15.9. The molecular weight excluding hydrogens is 422 g/mol. The SMILES string of the molecule is CC(=O)c1ccc([C@@H](C)[C@H]2CCC(Cc3ccc(C(=O)N(C)Cc4cccnc4)cc3)C2)cn1. The Balaban J connectivity index is 1.30. The lowest BCUT2D eigenvalue weighted by Gasteiger charge is -2.20. The fourth-order valence-corrected chi connectivity index (χ4v) is 5.08. The average Bonchev–Trinajstić information content (AvgIpc) is 3.32. The third-order valence-corrected chi connectivity index (χ3v) is 7.18. The minimum Gasteiger partial charge on any atom is -0.337 e. The van der Waals surface area contributed by atoms with E-state index in [-0.39, 0.29) is 11.7 Å². The molecule has 0 spiro atoms. The molecule has 0 aliphatic heterocycles. The molecule has 1 amide bonds. The van der Waals surface area contributed by atoms with Crippen molar-refractivity contribution in [3.8, 4) is 0 Å². The van der Waals surface area contributed by atoms with E-state index in [4.69, 9.17) is 0 Å². The predicted octanol–water partition coefficient (Wildman–Crippen LogP) is 5.71. The van der Waals surface area contributed by atoms with Crippen LogP contribution in [0.1, 0.15) is 76.6 Å². The molecule has 3 aromatic rings. The largest absolute Gasteiger partial charge is 0.337 e. The number of Topliss-reactive ketones (excluding diaryl/α,β-unsaturated/α-hetero) is 1. The van der Waals surface area contributed by atoms with Gasteiger partial charge < -0.3 is 4.90 Å². The molecule has 34 heavy (non-hydrogen) atoms. The highest BCUT2D eigenvalue weighted by Crippen LogP contribution is 2.41. The highest BCUT2D eigenvalue weighted by atomic mass is 16.2. The number of nitrogens with zero attached hydrogens (tertiary/aromatic N) is 3. The van der Waals surface area contributed by atoms with Crippen LogP contribution in [0, 0.1) is 11.8 Å². The van der Waals surface area contributed by atoms with Gasteiger partial charge in [-0.25, -0.2) is 0 Å². The zero-order valence-corrected chi connectivity index (χ0v) is 20.3.